The number of allylic oxidation sites excluding steroid dienone is 3. The van der Waals surface area contributed by atoms with Crippen molar-refractivity contribution in [1.82, 2.24) is 0 Å². The van der Waals surface area contributed by atoms with E-state index in [2.05, 4.69) is 60.6 Å². The molecule has 0 radical (unpaired) electrons. The highest BCUT2D eigenvalue weighted by Gasteiger charge is 2.66. The van der Waals surface area contributed by atoms with Crippen LogP contribution in [0.3, 0.4) is 0 Å². The van der Waals surface area contributed by atoms with Crippen LogP contribution in [-0.2, 0) is 4.74 Å². The Morgan fingerprint density at radius 1 is 1.00 bits per heavy atom. The number of rotatable bonds is 2. The molecule has 10 atom stereocenters. The summed E-state index contributed by atoms with van der Waals surface area (Å²) in [5.74, 6) is 1.96. The normalized spacial score (nSPS) is 53.0. The molecule has 0 aromatic carbocycles. The average Bonchev–Trinajstić information content (AvgIpc) is 3.20. The molecule has 1 saturated heterocycles. The number of hydrogen-bond acceptors (Lipinski definition) is 3. The molecule has 1 aliphatic heterocycles. The fraction of sp³-hybridized carbons (Fsp3) is 0.867. The molecular weight excluding hydrogens is 408 g/mol. The summed E-state index contributed by atoms with van der Waals surface area (Å²) in [6.45, 7) is 16.5. The largest absolute Gasteiger partial charge is 0.393 e. The van der Waals surface area contributed by atoms with Gasteiger partial charge in [0.05, 0.1) is 12.2 Å². The molecule has 0 unspecified atom stereocenters. The van der Waals surface area contributed by atoms with Gasteiger partial charge in [0.25, 0.3) is 0 Å². The minimum Gasteiger partial charge on any atom is -0.393 e. The molecule has 0 aromatic rings. The van der Waals surface area contributed by atoms with Crippen LogP contribution < -0.4 is 0 Å². The second-order valence-corrected chi connectivity index (χ2v) is 14.0. The van der Waals surface area contributed by atoms with E-state index in [-0.39, 0.29) is 34.4 Å². The van der Waals surface area contributed by atoms with Crippen molar-refractivity contribution in [2.75, 3.05) is 0 Å². The van der Waals surface area contributed by atoms with Crippen molar-refractivity contribution in [2.45, 2.75) is 118 Å². The van der Waals surface area contributed by atoms with E-state index < -0.39 is 6.29 Å². The Bertz CT molecular complexity index is 853. The molecule has 4 aliphatic carbocycles. The predicted octanol–water partition coefficient (Wildman–Crippen LogP) is 6.64. The summed E-state index contributed by atoms with van der Waals surface area (Å²) in [6, 6.07) is 0. The van der Waals surface area contributed by atoms with Gasteiger partial charge < -0.3 is 14.9 Å². The molecular formula is C30H48O3. The van der Waals surface area contributed by atoms with Gasteiger partial charge in [-0.1, -0.05) is 57.9 Å². The molecule has 3 saturated carbocycles. The van der Waals surface area contributed by atoms with Crippen molar-refractivity contribution < 1.29 is 14.9 Å². The highest BCUT2D eigenvalue weighted by atomic mass is 16.6. The molecule has 3 heteroatoms. The van der Waals surface area contributed by atoms with Crippen LogP contribution in [0, 0.1) is 45.3 Å². The lowest BCUT2D eigenvalue weighted by Gasteiger charge is -2.64. The lowest BCUT2D eigenvalue weighted by atomic mass is 9.41. The molecule has 5 rings (SSSR count). The first-order valence-electron chi connectivity index (χ1n) is 13.7. The summed E-state index contributed by atoms with van der Waals surface area (Å²) < 4.78 is 6.02. The van der Waals surface area contributed by atoms with Crippen LogP contribution in [0.25, 0.3) is 0 Å². The quantitative estimate of drug-likeness (QED) is 0.458. The van der Waals surface area contributed by atoms with Crippen molar-refractivity contribution in [3.8, 4) is 0 Å². The highest BCUT2D eigenvalue weighted by Crippen LogP contribution is 2.73. The van der Waals surface area contributed by atoms with Gasteiger partial charge in [0.1, 0.15) is 0 Å². The minimum absolute atomic E-state index is 0.0138. The second kappa shape index (κ2) is 7.68. The zero-order chi connectivity index (χ0) is 24.0. The summed E-state index contributed by atoms with van der Waals surface area (Å²) in [7, 11) is 0. The average molecular weight is 457 g/mol. The smallest absolute Gasteiger partial charge is 0.158 e. The van der Waals surface area contributed by atoms with Crippen molar-refractivity contribution in [3.63, 3.8) is 0 Å². The van der Waals surface area contributed by atoms with E-state index in [0.717, 1.165) is 25.7 Å². The Balaban J connectivity index is 1.46. The highest BCUT2D eigenvalue weighted by molar-refractivity contribution is 5.33. The lowest BCUT2D eigenvalue weighted by Crippen LogP contribution is -2.58. The third-order valence-electron chi connectivity index (χ3n) is 12.1. The van der Waals surface area contributed by atoms with Crippen LogP contribution >= 0.6 is 0 Å². The number of hydrogen-bond donors (Lipinski definition) is 2. The Morgan fingerprint density at radius 3 is 2.42 bits per heavy atom. The predicted molar refractivity (Wildman–Crippen MR) is 133 cm³/mol. The van der Waals surface area contributed by atoms with Crippen LogP contribution in [-0.4, -0.2) is 28.7 Å². The number of aliphatic hydroxyl groups excluding tert-OH is 2. The molecule has 186 valence electrons. The van der Waals surface area contributed by atoms with Gasteiger partial charge in [0.2, 0.25) is 0 Å². The van der Waals surface area contributed by atoms with E-state index >= 15 is 0 Å². The van der Waals surface area contributed by atoms with E-state index in [9.17, 15) is 10.2 Å². The fourth-order valence-corrected chi connectivity index (χ4v) is 9.99. The van der Waals surface area contributed by atoms with Gasteiger partial charge in [0.15, 0.2) is 6.29 Å². The summed E-state index contributed by atoms with van der Waals surface area (Å²) in [5.41, 5.74) is 3.71. The fourth-order valence-electron chi connectivity index (χ4n) is 9.99. The molecule has 1 heterocycles. The summed E-state index contributed by atoms with van der Waals surface area (Å²) in [5, 5.41) is 21.8. The Morgan fingerprint density at radius 2 is 1.73 bits per heavy atom. The topological polar surface area (TPSA) is 49.7 Å². The van der Waals surface area contributed by atoms with Crippen molar-refractivity contribution >= 4 is 0 Å². The van der Waals surface area contributed by atoms with Crippen molar-refractivity contribution in [3.05, 3.63) is 23.3 Å². The van der Waals surface area contributed by atoms with Crippen LogP contribution in [0.1, 0.15) is 99.8 Å². The zero-order valence-electron chi connectivity index (χ0n) is 22.2. The Kier molecular flexibility index (Phi) is 5.60. The molecule has 33 heavy (non-hydrogen) atoms. The standard InChI is InChI=1S/C30H48O3/c1-18(2)16-19-17-20(26(32)33-19)21-10-14-30(7)23-8-9-24-27(3,4)25(31)12-13-28(24,5)22(23)11-15-29(21,30)6/h8,16,19-22,24-26,31-32H,9-15,17H2,1-7H3/t19-,20-,21-,22-,24-,25-,26-,28+,29-,30+/m0/s1. The van der Waals surface area contributed by atoms with Crippen LogP contribution in [0.15, 0.2) is 23.3 Å². The van der Waals surface area contributed by atoms with Crippen molar-refractivity contribution in [2.24, 2.45) is 45.3 Å². The third-order valence-corrected chi connectivity index (χ3v) is 12.1. The van der Waals surface area contributed by atoms with Crippen LogP contribution in [0.4, 0.5) is 0 Å². The van der Waals surface area contributed by atoms with E-state index in [0.29, 0.717) is 23.2 Å². The molecule has 0 spiro atoms. The number of aliphatic hydroxyl groups is 2. The first-order valence-corrected chi connectivity index (χ1v) is 13.7. The van der Waals surface area contributed by atoms with E-state index in [4.69, 9.17) is 4.74 Å². The van der Waals surface area contributed by atoms with E-state index in [1.807, 2.05) is 0 Å². The maximum atomic E-state index is 10.9. The van der Waals surface area contributed by atoms with Crippen LogP contribution in [0.2, 0.25) is 0 Å². The first kappa shape index (κ1) is 24.1. The summed E-state index contributed by atoms with van der Waals surface area (Å²) in [4.78, 5) is 0. The van der Waals surface area contributed by atoms with E-state index in [1.54, 1.807) is 5.57 Å². The first-order chi connectivity index (χ1) is 15.3. The Labute approximate surface area is 202 Å². The summed E-state index contributed by atoms with van der Waals surface area (Å²) >= 11 is 0. The molecule has 5 aliphatic rings. The van der Waals surface area contributed by atoms with Gasteiger partial charge in [-0.05, 0) is 105 Å². The second-order valence-electron chi connectivity index (χ2n) is 14.0. The summed E-state index contributed by atoms with van der Waals surface area (Å²) in [6.07, 6.45) is 13.2. The molecule has 4 fully saturated rings. The Hall–Kier alpha value is -0.640. The molecule has 0 amide bonds. The molecule has 3 nitrogen and oxygen atoms in total. The number of ether oxygens (including phenoxy) is 1. The third kappa shape index (κ3) is 3.24. The van der Waals surface area contributed by atoms with Gasteiger partial charge in [-0.15, -0.1) is 0 Å². The maximum absolute atomic E-state index is 10.9. The van der Waals surface area contributed by atoms with E-state index in [1.165, 1.54) is 31.3 Å². The molecule has 0 aromatic heterocycles. The monoisotopic (exact) mass is 456 g/mol. The van der Waals surface area contributed by atoms with Crippen LogP contribution in [0.5, 0.6) is 0 Å². The van der Waals surface area contributed by atoms with Gasteiger partial charge in [-0.2, -0.15) is 0 Å². The number of fused-ring (bicyclic) bond motifs is 5. The molecule has 0 bridgehead atoms. The van der Waals surface area contributed by atoms with Gasteiger partial charge in [-0.25, -0.2) is 0 Å². The maximum Gasteiger partial charge on any atom is 0.158 e. The SMILES string of the molecule is CC(C)=C[C@H]1C[C@@H]([C@@H]2CC[C@]3(C)C4=CC[C@H]5C(C)(C)[C@@H](O)CC[C@]5(C)[C@H]4CC[C@@]23C)[C@@H](O)O1. The van der Waals surface area contributed by atoms with Gasteiger partial charge in [0, 0.05) is 5.92 Å². The lowest BCUT2D eigenvalue weighted by molar-refractivity contribution is -0.140. The van der Waals surface area contributed by atoms with Gasteiger partial charge in [-0.3, -0.25) is 0 Å². The van der Waals surface area contributed by atoms with Crippen molar-refractivity contribution in [1.29, 1.82) is 0 Å². The minimum atomic E-state index is -0.629. The zero-order valence-corrected chi connectivity index (χ0v) is 22.2. The molecule has 2 N–H and O–H groups in total. The van der Waals surface area contributed by atoms with Gasteiger partial charge >= 0.3 is 0 Å².